The lowest BCUT2D eigenvalue weighted by atomic mass is 10.1. The van der Waals surface area contributed by atoms with Crippen LogP contribution >= 0.6 is 11.3 Å². The molecule has 0 N–H and O–H groups in total. The molecule has 0 saturated carbocycles. The minimum atomic E-state index is -3.65. The summed E-state index contributed by atoms with van der Waals surface area (Å²) in [5.74, 6) is 0. The minimum Gasteiger partial charge on any atom is -0.369 e. The van der Waals surface area contributed by atoms with Crippen LogP contribution < -0.4 is 4.90 Å². The Balaban J connectivity index is 1.62. The average molecular weight is 420 g/mol. The fourth-order valence-electron chi connectivity index (χ4n) is 3.71. The van der Waals surface area contributed by atoms with Crippen molar-refractivity contribution in [1.82, 2.24) is 18.9 Å². The number of aromatic nitrogens is 3. The van der Waals surface area contributed by atoms with Gasteiger partial charge in [0, 0.05) is 31.9 Å². The Bertz CT molecular complexity index is 1120. The van der Waals surface area contributed by atoms with E-state index in [2.05, 4.69) is 47.0 Å². The molecular weight excluding hydrogens is 394 g/mol. The van der Waals surface area contributed by atoms with Gasteiger partial charge in [-0.25, -0.2) is 13.4 Å². The van der Waals surface area contributed by atoms with Gasteiger partial charge in [0.1, 0.15) is 5.01 Å². The first-order valence-corrected chi connectivity index (χ1v) is 11.7. The third-order valence-electron chi connectivity index (χ3n) is 5.19. The van der Waals surface area contributed by atoms with E-state index in [4.69, 9.17) is 0 Å². The second-order valence-electron chi connectivity index (χ2n) is 7.21. The van der Waals surface area contributed by atoms with Gasteiger partial charge in [0.05, 0.1) is 5.69 Å². The fourth-order valence-corrected chi connectivity index (χ4v) is 6.25. The molecular formula is C19H25N5O2S2. The van der Waals surface area contributed by atoms with Crippen molar-refractivity contribution >= 4 is 32.0 Å². The molecule has 28 heavy (non-hydrogen) atoms. The molecule has 3 heterocycles. The number of nitrogens with zero attached hydrogens (tertiary/aromatic N) is 5. The van der Waals surface area contributed by atoms with E-state index >= 15 is 0 Å². The lowest BCUT2D eigenvalue weighted by Gasteiger charge is -2.36. The number of rotatable bonds is 4. The van der Waals surface area contributed by atoms with Crippen molar-refractivity contribution in [3.05, 3.63) is 40.0 Å². The van der Waals surface area contributed by atoms with Gasteiger partial charge in [0.2, 0.25) is 4.96 Å². The molecule has 1 aliphatic heterocycles. The highest BCUT2D eigenvalue weighted by atomic mass is 32.2. The molecule has 2 aromatic heterocycles. The Hall–Kier alpha value is -1.97. The van der Waals surface area contributed by atoms with Crippen molar-refractivity contribution < 1.29 is 8.42 Å². The number of piperazine rings is 1. The van der Waals surface area contributed by atoms with Crippen molar-refractivity contribution in [2.75, 3.05) is 31.1 Å². The SMILES string of the molecule is CCc1nc2sc(C)nn2c1S(=O)(=O)N1CCN(c2cc(C)ccc2C)CC1. The van der Waals surface area contributed by atoms with Gasteiger partial charge in [-0.15, -0.1) is 0 Å². The van der Waals surface area contributed by atoms with Crippen molar-refractivity contribution in [3.8, 4) is 0 Å². The van der Waals surface area contributed by atoms with Crippen LogP contribution in [0.3, 0.4) is 0 Å². The van der Waals surface area contributed by atoms with Gasteiger partial charge in [-0.3, -0.25) is 0 Å². The monoisotopic (exact) mass is 419 g/mol. The number of sulfonamides is 1. The van der Waals surface area contributed by atoms with Gasteiger partial charge in [0.15, 0.2) is 5.03 Å². The summed E-state index contributed by atoms with van der Waals surface area (Å²) in [5, 5.41) is 5.42. The van der Waals surface area contributed by atoms with Crippen molar-refractivity contribution in [2.24, 2.45) is 0 Å². The Labute approximate surface area is 169 Å². The van der Waals surface area contributed by atoms with Crippen LogP contribution in [0.25, 0.3) is 4.96 Å². The Morgan fingerprint density at radius 2 is 1.82 bits per heavy atom. The Morgan fingerprint density at radius 3 is 2.50 bits per heavy atom. The highest BCUT2D eigenvalue weighted by Crippen LogP contribution is 2.28. The smallest absolute Gasteiger partial charge is 0.262 e. The zero-order valence-corrected chi connectivity index (χ0v) is 18.3. The Kier molecular flexibility index (Phi) is 4.93. The summed E-state index contributed by atoms with van der Waals surface area (Å²) < 4.78 is 29.9. The van der Waals surface area contributed by atoms with Crippen LogP contribution in [0.4, 0.5) is 5.69 Å². The predicted molar refractivity (Wildman–Crippen MR) is 112 cm³/mol. The summed E-state index contributed by atoms with van der Waals surface area (Å²) in [7, 11) is -3.65. The molecule has 0 spiro atoms. The zero-order chi connectivity index (χ0) is 20.1. The van der Waals surface area contributed by atoms with Crippen LogP contribution in [0.2, 0.25) is 0 Å². The van der Waals surface area contributed by atoms with Crippen molar-refractivity contribution in [3.63, 3.8) is 0 Å². The van der Waals surface area contributed by atoms with Crippen LogP contribution in [0.1, 0.15) is 28.8 Å². The largest absolute Gasteiger partial charge is 0.369 e. The van der Waals surface area contributed by atoms with E-state index in [0.29, 0.717) is 43.3 Å². The van der Waals surface area contributed by atoms with E-state index < -0.39 is 10.0 Å². The molecule has 3 aromatic rings. The van der Waals surface area contributed by atoms with Gasteiger partial charge >= 0.3 is 0 Å². The molecule has 1 fully saturated rings. The van der Waals surface area contributed by atoms with Crippen molar-refractivity contribution in [2.45, 2.75) is 39.1 Å². The molecule has 0 unspecified atom stereocenters. The van der Waals surface area contributed by atoms with E-state index in [9.17, 15) is 8.42 Å². The molecule has 1 saturated heterocycles. The molecule has 9 heteroatoms. The van der Waals surface area contributed by atoms with E-state index in [1.807, 2.05) is 13.8 Å². The van der Waals surface area contributed by atoms with Gasteiger partial charge in [-0.05, 0) is 44.4 Å². The van der Waals surface area contributed by atoms with Crippen LogP contribution in [-0.2, 0) is 16.4 Å². The van der Waals surface area contributed by atoms with Crippen molar-refractivity contribution in [1.29, 1.82) is 0 Å². The first kappa shape index (κ1) is 19.4. The van der Waals surface area contributed by atoms with Crippen LogP contribution in [0.5, 0.6) is 0 Å². The third-order valence-corrected chi connectivity index (χ3v) is 7.96. The number of aryl methyl sites for hydroxylation is 4. The summed E-state index contributed by atoms with van der Waals surface area (Å²) in [5.41, 5.74) is 4.21. The lowest BCUT2D eigenvalue weighted by Crippen LogP contribution is -2.49. The van der Waals surface area contributed by atoms with Gasteiger partial charge in [-0.1, -0.05) is 30.4 Å². The summed E-state index contributed by atoms with van der Waals surface area (Å²) in [6.45, 7) is 10.2. The predicted octanol–water partition coefficient (Wildman–Crippen LogP) is 2.79. The summed E-state index contributed by atoms with van der Waals surface area (Å²) in [6, 6.07) is 6.40. The normalized spacial score (nSPS) is 16.2. The maximum Gasteiger partial charge on any atom is 0.262 e. The first-order chi connectivity index (χ1) is 13.3. The van der Waals surface area contributed by atoms with E-state index in [-0.39, 0.29) is 5.03 Å². The molecule has 150 valence electrons. The molecule has 1 aromatic carbocycles. The minimum absolute atomic E-state index is 0.231. The summed E-state index contributed by atoms with van der Waals surface area (Å²) in [6.07, 6.45) is 0.562. The molecule has 7 nitrogen and oxygen atoms in total. The third kappa shape index (κ3) is 3.21. The molecule has 0 amide bonds. The number of anilines is 1. The Morgan fingerprint density at radius 1 is 1.11 bits per heavy atom. The number of imidazole rings is 1. The van der Waals surface area contributed by atoms with Gasteiger partial charge in [-0.2, -0.15) is 13.9 Å². The first-order valence-electron chi connectivity index (χ1n) is 9.48. The number of hydrogen-bond donors (Lipinski definition) is 0. The maximum absolute atomic E-state index is 13.4. The topological polar surface area (TPSA) is 70.8 Å². The van der Waals surface area contributed by atoms with E-state index in [1.165, 1.54) is 32.7 Å². The zero-order valence-electron chi connectivity index (χ0n) is 16.6. The molecule has 4 rings (SSSR count). The highest BCUT2D eigenvalue weighted by Gasteiger charge is 2.34. The second kappa shape index (κ2) is 7.13. The number of fused-ring (bicyclic) bond motifs is 1. The average Bonchev–Trinajstić information content (AvgIpc) is 3.19. The standard InChI is InChI=1S/C19H25N5O2S2/c1-5-16-18(24-19(20-16)27-15(4)21-24)28(25,26)23-10-8-22(9-11-23)17-12-13(2)6-7-14(17)3/h6-7,12H,5,8-11H2,1-4H3. The number of hydrogen-bond acceptors (Lipinski definition) is 6. The summed E-state index contributed by atoms with van der Waals surface area (Å²) in [4.78, 5) is 7.41. The van der Waals surface area contributed by atoms with Crippen LogP contribution in [0.15, 0.2) is 23.2 Å². The highest BCUT2D eigenvalue weighted by molar-refractivity contribution is 7.89. The maximum atomic E-state index is 13.4. The molecule has 1 aliphatic rings. The van der Waals surface area contributed by atoms with E-state index in [0.717, 1.165) is 5.01 Å². The van der Waals surface area contributed by atoms with Crippen LogP contribution in [-0.4, -0.2) is 53.5 Å². The lowest BCUT2D eigenvalue weighted by molar-refractivity contribution is 0.381. The van der Waals surface area contributed by atoms with Crippen LogP contribution in [0, 0.1) is 20.8 Å². The quantitative estimate of drug-likeness (QED) is 0.650. The molecule has 0 atom stereocenters. The number of benzene rings is 1. The summed E-state index contributed by atoms with van der Waals surface area (Å²) >= 11 is 1.42. The molecule has 0 aliphatic carbocycles. The second-order valence-corrected chi connectivity index (χ2v) is 10.2. The fraction of sp³-hybridized carbons (Fsp3) is 0.474. The molecule has 0 radical (unpaired) electrons. The van der Waals surface area contributed by atoms with Gasteiger partial charge in [0.25, 0.3) is 10.0 Å². The molecule has 0 bridgehead atoms. The van der Waals surface area contributed by atoms with Gasteiger partial charge < -0.3 is 4.90 Å². The van der Waals surface area contributed by atoms with E-state index in [1.54, 1.807) is 4.31 Å².